The van der Waals surface area contributed by atoms with Gasteiger partial charge in [0.05, 0.1) is 5.56 Å². The molecule has 0 unspecified atom stereocenters. The lowest BCUT2D eigenvalue weighted by atomic mass is 10.1. The van der Waals surface area contributed by atoms with Crippen LogP contribution in [0.1, 0.15) is 34.8 Å². The number of benzene rings is 2. The third kappa shape index (κ3) is 4.93. The number of aromatic hydroxyl groups is 2. The smallest absolute Gasteiger partial charge is 0.166 e. The molecule has 0 aliphatic carbocycles. The summed E-state index contributed by atoms with van der Waals surface area (Å²) in [4.78, 5) is 11.3. The second kappa shape index (κ2) is 8.06. The van der Waals surface area contributed by atoms with Crippen LogP contribution in [0.15, 0.2) is 30.3 Å². The van der Waals surface area contributed by atoms with Crippen LogP contribution in [-0.2, 0) is 0 Å². The number of Topliss-reactive ketones (excluding diaryl/α,β-unsaturated/α-hetero) is 1. The van der Waals surface area contributed by atoms with Crippen LogP contribution in [0.2, 0.25) is 10.0 Å². The summed E-state index contributed by atoms with van der Waals surface area (Å²) in [5, 5.41) is 19.5. The second-order valence-electron chi connectivity index (χ2n) is 4.83. The molecule has 0 saturated heterocycles. The number of halogens is 2. The number of aryl methyl sites for hydroxylation is 2. The molecule has 3 nitrogen and oxygen atoms in total. The first kappa shape index (κ1) is 18.3. The first-order chi connectivity index (χ1) is 10.3. The van der Waals surface area contributed by atoms with Crippen LogP contribution in [0, 0.1) is 13.8 Å². The zero-order chi connectivity index (χ0) is 16.9. The maximum absolute atomic E-state index is 11.3. The number of hydrogen-bond donors (Lipinski definition) is 2. The van der Waals surface area contributed by atoms with Gasteiger partial charge in [0.2, 0.25) is 0 Å². The molecule has 0 amide bonds. The molecule has 2 aromatic carbocycles. The zero-order valence-electron chi connectivity index (χ0n) is 12.7. The van der Waals surface area contributed by atoms with Crippen LogP contribution >= 0.6 is 23.2 Å². The highest BCUT2D eigenvalue weighted by molar-refractivity contribution is 6.32. The van der Waals surface area contributed by atoms with Crippen molar-refractivity contribution < 1.29 is 15.0 Å². The standard InChI is InChI=1S/C10H11ClO2.C7H7ClO/c1-3-9(12)7-5-8(11)6(2)4-10(7)13;1-5-4-6(9)2-3-7(5)8/h4-5,13H,3H2,1-2H3;2-4,9H,1H3. The number of ketones is 1. The number of phenolic OH excluding ortho intramolecular Hbond substituents is 2. The Morgan fingerprint density at radius 2 is 1.59 bits per heavy atom. The van der Waals surface area contributed by atoms with Crippen LogP contribution < -0.4 is 0 Å². The van der Waals surface area contributed by atoms with Gasteiger partial charge in [-0.2, -0.15) is 0 Å². The Morgan fingerprint density at radius 3 is 2.09 bits per heavy atom. The van der Waals surface area contributed by atoms with Gasteiger partial charge in [0.1, 0.15) is 11.5 Å². The van der Waals surface area contributed by atoms with E-state index in [1.807, 2.05) is 6.92 Å². The van der Waals surface area contributed by atoms with E-state index < -0.39 is 0 Å². The van der Waals surface area contributed by atoms with Crippen molar-refractivity contribution in [2.75, 3.05) is 0 Å². The number of hydrogen-bond acceptors (Lipinski definition) is 3. The Bertz CT molecular complexity index is 682. The van der Waals surface area contributed by atoms with E-state index in [1.54, 1.807) is 32.0 Å². The van der Waals surface area contributed by atoms with Crippen molar-refractivity contribution in [3.8, 4) is 11.5 Å². The molecular weight excluding hydrogens is 323 g/mol. The second-order valence-corrected chi connectivity index (χ2v) is 5.64. The molecule has 0 fully saturated rings. The van der Waals surface area contributed by atoms with Crippen LogP contribution in [0.4, 0.5) is 0 Å². The number of carbonyl (C=O) groups is 1. The van der Waals surface area contributed by atoms with Gasteiger partial charge in [-0.25, -0.2) is 0 Å². The minimum absolute atomic E-state index is 0.00810. The van der Waals surface area contributed by atoms with Crippen LogP contribution in [0.3, 0.4) is 0 Å². The Hall–Kier alpha value is -1.71. The highest BCUT2D eigenvalue weighted by atomic mass is 35.5. The molecule has 5 heteroatoms. The van der Waals surface area contributed by atoms with Gasteiger partial charge in [0.15, 0.2) is 5.78 Å². The van der Waals surface area contributed by atoms with Crippen molar-refractivity contribution in [3.63, 3.8) is 0 Å². The molecule has 0 aliphatic rings. The van der Waals surface area contributed by atoms with Crippen molar-refractivity contribution in [3.05, 3.63) is 57.1 Å². The number of phenols is 2. The highest BCUT2D eigenvalue weighted by Gasteiger charge is 2.11. The average Bonchev–Trinajstić information content (AvgIpc) is 2.47. The van der Waals surface area contributed by atoms with Gasteiger partial charge in [-0.3, -0.25) is 4.79 Å². The molecule has 2 rings (SSSR count). The van der Waals surface area contributed by atoms with Gasteiger partial charge < -0.3 is 10.2 Å². The average molecular weight is 341 g/mol. The monoisotopic (exact) mass is 340 g/mol. The van der Waals surface area contributed by atoms with E-state index in [-0.39, 0.29) is 17.3 Å². The number of carbonyl (C=O) groups excluding carboxylic acids is 1. The van der Waals surface area contributed by atoms with Crippen molar-refractivity contribution >= 4 is 29.0 Å². The predicted octanol–water partition coefficient (Wildman–Crippen LogP) is 5.30. The largest absolute Gasteiger partial charge is 0.508 e. The first-order valence-corrected chi connectivity index (χ1v) is 7.49. The molecule has 2 N–H and O–H groups in total. The van der Waals surface area contributed by atoms with Crippen LogP contribution in [-0.4, -0.2) is 16.0 Å². The fourth-order valence-corrected chi connectivity index (χ4v) is 1.99. The number of rotatable bonds is 2. The maximum atomic E-state index is 11.3. The minimum atomic E-state index is -0.0978. The topological polar surface area (TPSA) is 57.5 Å². The molecule has 0 heterocycles. The van der Waals surface area contributed by atoms with Gasteiger partial charge in [-0.05, 0) is 55.3 Å². The fourth-order valence-electron chi connectivity index (χ4n) is 1.71. The molecule has 0 saturated carbocycles. The summed E-state index contributed by atoms with van der Waals surface area (Å²) in [5.74, 6) is 0.171. The molecule has 2 aromatic rings. The Kier molecular flexibility index (Phi) is 6.72. The van der Waals surface area contributed by atoms with E-state index in [9.17, 15) is 9.90 Å². The van der Waals surface area contributed by atoms with Crippen molar-refractivity contribution in [1.29, 1.82) is 0 Å². The van der Waals surface area contributed by atoms with E-state index in [4.69, 9.17) is 28.3 Å². The van der Waals surface area contributed by atoms with Gasteiger partial charge in [0.25, 0.3) is 0 Å². The summed E-state index contributed by atoms with van der Waals surface area (Å²) in [5.41, 5.74) is 1.97. The summed E-state index contributed by atoms with van der Waals surface area (Å²) < 4.78 is 0. The van der Waals surface area contributed by atoms with Crippen molar-refractivity contribution in [2.45, 2.75) is 27.2 Å². The van der Waals surface area contributed by atoms with E-state index in [2.05, 4.69) is 0 Å². The van der Waals surface area contributed by atoms with E-state index in [1.165, 1.54) is 12.1 Å². The molecular formula is C17H18Cl2O3. The molecule has 22 heavy (non-hydrogen) atoms. The van der Waals surface area contributed by atoms with Crippen molar-refractivity contribution in [2.24, 2.45) is 0 Å². The van der Waals surface area contributed by atoms with Crippen molar-refractivity contribution in [1.82, 2.24) is 0 Å². The lowest BCUT2D eigenvalue weighted by molar-refractivity contribution is 0.0985. The lowest BCUT2D eigenvalue weighted by Gasteiger charge is -2.04. The van der Waals surface area contributed by atoms with E-state index in [0.717, 1.165) is 11.1 Å². The Morgan fingerprint density at radius 1 is 1.00 bits per heavy atom. The highest BCUT2D eigenvalue weighted by Crippen LogP contribution is 2.26. The quantitative estimate of drug-likeness (QED) is 0.729. The summed E-state index contributed by atoms with van der Waals surface area (Å²) in [7, 11) is 0. The molecule has 0 spiro atoms. The Labute approximate surface area is 140 Å². The summed E-state index contributed by atoms with van der Waals surface area (Å²) in [6.07, 6.45) is 0.368. The van der Waals surface area contributed by atoms with Gasteiger partial charge >= 0.3 is 0 Å². The fraction of sp³-hybridized carbons (Fsp3) is 0.235. The predicted molar refractivity (Wildman–Crippen MR) is 90.3 cm³/mol. The minimum Gasteiger partial charge on any atom is -0.508 e. The molecule has 0 aliphatic heterocycles. The summed E-state index contributed by atoms with van der Waals surface area (Å²) in [6, 6.07) is 7.88. The molecule has 0 aromatic heterocycles. The molecule has 0 bridgehead atoms. The van der Waals surface area contributed by atoms with E-state index >= 15 is 0 Å². The molecule has 0 atom stereocenters. The molecule has 118 valence electrons. The summed E-state index contributed by atoms with van der Waals surface area (Å²) >= 11 is 11.5. The van der Waals surface area contributed by atoms with Gasteiger partial charge in [-0.15, -0.1) is 0 Å². The summed E-state index contributed by atoms with van der Waals surface area (Å²) in [6.45, 7) is 5.37. The first-order valence-electron chi connectivity index (χ1n) is 6.73. The lowest BCUT2D eigenvalue weighted by Crippen LogP contribution is -1.97. The normalized spacial score (nSPS) is 9.86. The SMILES string of the molecule is CCC(=O)c1cc(Cl)c(C)cc1O.Cc1cc(O)ccc1Cl. The third-order valence-corrected chi connectivity index (χ3v) is 3.87. The van der Waals surface area contributed by atoms with Gasteiger partial charge in [0, 0.05) is 16.5 Å². The van der Waals surface area contributed by atoms with Gasteiger partial charge in [-0.1, -0.05) is 30.1 Å². The van der Waals surface area contributed by atoms with Crippen LogP contribution in [0.5, 0.6) is 11.5 Å². The third-order valence-electron chi connectivity index (χ3n) is 3.04. The zero-order valence-corrected chi connectivity index (χ0v) is 14.2. The Balaban J connectivity index is 0.000000235. The maximum Gasteiger partial charge on any atom is 0.166 e. The van der Waals surface area contributed by atoms with Crippen LogP contribution in [0.25, 0.3) is 0 Å². The van der Waals surface area contributed by atoms with E-state index in [0.29, 0.717) is 22.0 Å². The molecule has 0 radical (unpaired) electrons.